The Bertz CT molecular complexity index is 530. The largest absolute Gasteiger partial charge is 0.481 e. The number of aliphatic carboxylic acids is 1. The first-order valence-electron chi connectivity index (χ1n) is 5.77. The van der Waals surface area contributed by atoms with E-state index in [0.717, 1.165) is 0 Å². The van der Waals surface area contributed by atoms with Crippen LogP contribution >= 0.6 is 0 Å². The van der Waals surface area contributed by atoms with E-state index in [1.807, 2.05) is 0 Å². The molecule has 0 fully saturated rings. The predicted molar refractivity (Wildman–Crippen MR) is 64.5 cm³/mol. The van der Waals surface area contributed by atoms with E-state index in [4.69, 9.17) is 5.11 Å². The summed E-state index contributed by atoms with van der Waals surface area (Å²) in [5, 5.41) is 11.2. The van der Waals surface area contributed by atoms with Gasteiger partial charge in [0.15, 0.2) is 11.6 Å². The first-order valence-corrected chi connectivity index (χ1v) is 5.77. The lowest BCUT2D eigenvalue weighted by molar-refractivity contribution is -0.138. The lowest BCUT2D eigenvalue weighted by atomic mass is 9.89. The maximum atomic E-state index is 13.6. The van der Waals surface area contributed by atoms with Crippen LogP contribution in [0.2, 0.25) is 0 Å². The van der Waals surface area contributed by atoms with Gasteiger partial charge in [0.05, 0.1) is 12.0 Å². The van der Waals surface area contributed by atoms with E-state index < -0.39 is 41.3 Å². The first kappa shape index (κ1) is 16.0. The van der Waals surface area contributed by atoms with Crippen LogP contribution in [0.4, 0.5) is 13.2 Å². The van der Waals surface area contributed by atoms with E-state index in [1.165, 1.54) is 13.8 Å². The number of hydrogen-bond acceptors (Lipinski definition) is 2. The Hall–Kier alpha value is -2.05. The van der Waals surface area contributed by atoms with Crippen molar-refractivity contribution in [2.75, 3.05) is 0 Å². The number of hydrogen-bond donors (Lipinski definition) is 2. The number of carboxylic acid groups (broad SMARTS) is 1. The van der Waals surface area contributed by atoms with Gasteiger partial charge >= 0.3 is 5.97 Å². The Balaban J connectivity index is 3.09. The molecule has 0 aliphatic rings. The summed E-state index contributed by atoms with van der Waals surface area (Å²) in [5.41, 5.74) is -1.51. The molecule has 1 aromatic carbocycles. The third-order valence-corrected chi connectivity index (χ3v) is 2.69. The van der Waals surface area contributed by atoms with E-state index in [2.05, 4.69) is 5.32 Å². The van der Waals surface area contributed by atoms with Crippen LogP contribution in [0.25, 0.3) is 0 Å². The zero-order chi connectivity index (χ0) is 15.5. The van der Waals surface area contributed by atoms with Gasteiger partial charge in [-0.25, -0.2) is 13.2 Å². The zero-order valence-corrected chi connectivity index (χ0v) is 11.0. The Kier molecular flexibility index (Phi) is 4.75. The molecule has 0 bridgehead atoms. The molecular weight excluding hydrogens is 275 g/mol. The number of amides is 1. The van der Waals surface area contributed by atoms with Gasteiger partial charge in [0.2, 0.25) is 5.91 Å². The number of nitrogens with one attached hydrogen (secondary N) is 1. The van der Waals surface area contributed by atoms with Crippen molar-refractivity contribution in [3.63, 3.8) is 0 Å². The number of benzene rings is 1. The molecule has 1 amide bonds. The van der Waals surface area contributed by atoms with Crippen molar-refractivity contribution >= 4 is 11.9 Å². The van der Waals surface area contributed by atoms with Gasteiger partial charge in [-0.2, -0.15) is 0 Å². The summed E-state index contributed by atoms with van der Waals surface area (Å²) in [6, 6.07) is 1.05. The molecule has 1 atom stereocenters. The summed E-state index contributed by atoms with van der Waals surface area (Å²) in [7, 11) is 0. The topological polar surface area (TPSA) is 66.4 Å². The van der Waals surface area contributed by atoms with E-state index in [-0.39, 0.29) is 12.0 Å². The third-order valence-electron chi connectivity index (χ3n) is 2.69. The van der Waals surface area contributed by atoms with Crippen molar-refractivity contribution in [1.82, 2.24) is 5.32 Å². The van der Waals surface area contributed by atoms with Gasteiger partial charge in [0.25, 0.3) is 0 Å². The molecule has 20 heavy (non-hydrogen) atoms. The minimum absolute atomic E-state index is 0.207. The minimum Gasteiger partial charge on any atom is -0.481 e. The van der Waals surface area contributed by atoms with Gasteiger partial charge in [0.1, 0.15) is 5.82 Å². The highest BCUT2D eigenvalue weighted by atomic mass is 19.2. The molecule has 0 heterocycles. The van der Waals surface area contributed by atoms with Crippen LogP contribution in [0, 0.1) is 17.5 Å². The molecule has 0 aliphatic heterocycles. The van der Waals surface area contributed by atoms with E-state index in [0.29, 0.717) is 12.1 Å². The fourth-order valence-electron chi connectivity index (χ4n) is 2.03. The maximum absolute atomic E-state index is 13.6. The number of carbonyl (C=O) groups excluding carboxylic acids is 1. The van der Waals surface area contributed by atoms with E-state index >= 15 is 0 Å². The van der Waals surface area contributed by atoms with Crippen LogP contribution in [-0.4, -0.2) is 22.5 Å². The number of carboxylic acids is 1. The van der Waals surface area contributed by atoms with Gasteiger partial charge < -0.3 is 10.4 Å². The van der Waals surface area contributed by atoms with Crippen molar-refractivity contribution in [2.45, 2.75) is 32.2 Å². The highest BCUT2D eigenvalue weighted by Gasteiger charge is 2.30. The van der Waals surface area contributed by atoms with Crippen molar-refractivity contribution in [3.8, 4) is 0 Å². The third kappa shape index (κ3) is 4.25. The number of halogens is 3. The molecule has 1 unspecified atom stereocenters. The summed E-state index contributed by atoms with van der Waals surface area (Å²) in [6.45, 7) is 2.57. The molecule has 2 N–H and O–H groups in total. The maximum Gasteiger partial charge on any atom is 0.305 e. The number of rotatable bonds is 5. The van der Waals surface area contributed by atoms with Gasteiger partial charge in [0, 0.05) is 13.0 Å². The zero-order valence-electron chi connectivity index (χ0n) is 11.0. The molecule has 0 spiro atoms. The van der Waals surface area contributed by atoms with Gasteiger partial charge in [-0.15, -0.1) is 0 Å². The molecule has 0 aromatic heterocycles. The molecule has 1 aromatic rings. The molecule has 110 valence electrons. The van der Waals surface area contributed by atoms with Crippen LogP contribution in [0.15, 0.2) is 12.1 Å². The summed E-state index contributed by atoms with van der Waals surface area (Å²) in [5.74, 6) is -5.26. The summed E-state index contributed by atoms with van der Waals surface area (Å²) < 4.78 is 39.5. The van der Waals surface area contributed by atoms with Crippen molar-refractivity contribution < 1.29 is 27.9 Å². The molecule has 0 saturated heterocycles. The second-order valence-electron chi connectivity index (χ2n) is 4.85. The molecular formula is C13H14F3NO3. The first-order chi connectivity index (χ1) is 9.13. The van der Waals surface area contributed by atoms with Crippen LogP contribution < -0.4 is 5.32 Å². The van der Waals surface area contributed by atoms with Crippen molar-refractivity contribution in [1.29, 1.82) is 0 Å². The lowest BCUT2D eigenvalue weighted by Gasteiger charge is -2.29. The Morgan fingerprint density at radius 3 is 2.25 bits per heavy atom. The van der Waals surface area contributed by atoms with E-state index in [9.17, 15) is 22.8 Å². The smallest absolute Gasteiger partial charge is 0.305 e. The monoisotopic (exact) mass is 289 g/mol. The molecule has 0 radical (unpaired) electrons. The van der Waals surface area contributed by atoms with Crippen LogP contribution in [0.1, 0.15) is 25.8 Å². The molecule has 0 aliphatic carbocycles. The van der Waals surface area contributed by atoms with Crippen molar-refractivity contribution in [2.24, 2.45) is 0 Å². The Morgan fingerprint density at radius 2 is 1.75 bits per heavy atom. The standard InChI is InChI=1S/C13H14F3NO3/c1-7(18)17-13(2,6-12(19)20)5-8-3-10(15)11(16)4-9(8)14/h3-4H,5-6H2,1-2H3,(H,17,18)(H,19,20). The molecule has 0 saturated carbocycles. The van der Waals surface area contributed by atoms with Gasteiger partial charge in [-0.3, -0.25) is 9.59 Å². The summed E-state index contributed by atoms with van der Waals surface area (Å²) in [4.78, 5) is 21.9. The Morgan fingerprint density at radius 1 is 1.20 bits per heavy atom. The molecule has 1 rings (SSSR count). The fourth-order valence-corrected chi connectivity index (χ4v) is 2.03. The highest BCUT2D eigenvalue weighted by Crippen LogP contribution is 2.22. The van der Waals surface area contributed by atoms with Crippen LogP contribution in [0.3, 0.4) is 0 Å². The average Bonchev–Trinajstić information content (AvgIpc) is 2.22. The predicted octanol–water partition coefficient (Wildman–Crippen LogP) is 2.02. The van der Waals surface area contributed by atoms with Crippen LogP contribution in [0.5, 0.6) is 0 Å². The number of carbonyl (C=O) groups is 2. The average molecular weight is 289 g/mol. The normalized spacial score (nSPS) is 13.7. The molecule has 4 nitrogen and oxygen atoms in total. The quantitative estimate of drug-likeness (QED) is 0.815. The van der Waals surface area contributed by atoms with Gasteiger partial charge in [-0.05, 0) is 25.0 Å². The fraction of sp³-hybridized carbons (Fsp3) is 0.385. The Labute approximate surface area is 113 Å². The van der Waals surface area contributed by atoms with Crippen LogP contribution in [-0.2, 0) is 16.0 Å². The van der Waals surface area contributed by atoms with E-state index in [1.54, 1.807) is 0 Å². The lowest BCUT2D eigenvalue weighted by Crippen LogP contribution is -2.48. The van der Waals surface area contributed by atoms with Gasteiger partial charge in [-0.1, -0.05) is 0 Å². The minimum atomic E-state index is -1.33. The second kappa shape index (κ2) is 5.94. The SMILES string of the molecule is CC(=O)NC(C)(CC(=O)O)Cc1cc(F)c(F)cc1F. The van der Waals surface area contributed by atoms with Crippen molar-refractivity contribution in [3.05, 3.63) is 35.1 Å². The second-order valence-corrected chi connectivity index (χ2v) is 4.85. The summed E-state index contributed by atoms with van der Waals surface area (Å²) >= 11 is 0. The summed E-state index contributed by atoms with van der Waals surface area (Å²) in [6.07, 6.45) is -0.757. The molecule has 7 heteroatoms. The highest BCUT2D eigenvalue weighted by molar-refractivity contribution is 5.76.